The van der Waals surface area contributed by atoms with Crippen LogP contribution in [0.2, 0.25) is 0 Å². The van der Waals surface area contributed by atoms with Crippen molar-refractivity contribution in [3.63, 3.8) is 0 Å². The largest absolute Gasteiger partial charge is 0.242 e. The Bertz CT molecular complexity index is 428. The Morgan fingerprint density at radius 3 is 2.75 bits per heavy atom. The number of rotatable bonds is 4. The van der Waals surface area contributed by atoms with Crippen LogP contribution in [0.15, 0.2) is 42.8 Å². The molecular weight excluding hydrogens is 196 g/mol. The lowest BCUT2D eigenvalue weighted by Crippen LogP contribution is -1.93. The number of hydrogen-bond acceptors (Lipinski definition) is 2. The molecule has 0 aliphatic carbocycles. The van der Waals surface area contributed by atoms with Crippen LogP contribution in [0.5, 0.6) is 0 Å². The Balaban J connectivity index is 3.18. The maximum absolute atomic E-state index is 4.29. The van der Waals surface area contributed by atoms with Gasteiger partial charge in [0.2, 0.25) is 0 Å². The third-order valence-electron chi connectivity index (χ3n) is 2.30. The predicted octanol–water partition coefficient (Wildman–Crippen LogP) is 3.71. The summed E-state index contributed by atoms with van der Waals surface area (Å²) in [5.74, 6) is 0. The fourth-order valence-electron chi connectivity index (χ4n) is 1.55. The molecule has 0 aliphatic rings. The average molecular weight is 214 g/mol. The summed E-state index contributed by atoms with van der Waals surface area (Å²) in [5.41, 5.74) is 4.27. The molecule has 0 fully saturated rings. The third-order valence-corrected chi connectivity index (χ3v) is 2.30. The van der Waals surface area contributed by atoms with Crippen molar-refractivity contribution in [2.45, 2.75) is 27.2 Å². The van der Waals surface area contributed by atoms with Crippen molar-refractivity contribution in [3.05, 3.63) is 54.2 Å². The van der Waals surface area contributed by atoms with Crippen molar-refractivity contribution in [2.24, 2.45) is 0 Å². The van der Waals surface area contributed by atoms with Crippen molar-refractivity contribution in [1.29, 1.82) is 0 Å². The van der Waals surface area contributed by atoms with Gasteiger partial charge in [0, 0.05) is 11.3 Å². The van der Waals surface area contributed by atoms with Crippen molar-refractivity contribution in [2.75, 3.05) is 0 Å². The van der Waals surface area contributed by atoms with Gasteiger partial charge in [-0.2, -0.15) is 0 Å². The molecule has 16 heavy (non-hydrogen) atoms. The van der Waals surface area contributed by atoms with Crippen molar-refractivity contribution >= 4 is 5.57 Å². The first-order chi connectivity index (χ1) is 7.69. The van der Waals surface area contributed by atoms with E-state index in [2.05, 4.69) is 36.5 Å². The van der Waals surface area contributed by atoms with Gasteiger partial charge in [-0.15, -0.1) is 0 Å². The van der Waals surface area contributed by atoms with E-state index in [1.54, 1.807) is 12.4 Å². The van der Waals surface area contributed by atoms with Gasteiger partial charge in [-0.25, -0.2) is 9.97 Å². The van der Waals surface area contributed by atoms with E-state index in [-0.39, 0.29) is 0 Å². The summed E-state index contributed by atoms with van der Waals surface area (Å²) < 4.78 is 0. The standard InChI is InChI=1S/C14H18N2/c1-5-7-11(3)13(8-6-2)14-9-12(4)15-10-16-14/h6-10H,2,5H2,1,3-4H3. The van der Waals surface area contributed by atoms with E-state index in [0.717, 1.165) is 23.4 Å². The monoisotopic (exact) mass is 214 g/mol. The number of hydrogen-bond donors (Lipinski definition) is 0. The normalized spacial score (nSPS) is 12.7. The molecule has 0 unspecified atom stereocenters. The van der Waals surface area contributed by atoms with Crippen LogP contribution in [-0.2, 0) is 0 Å². The molecule has 0 spiro atoms. The first-order valence-corrected chi connectivity index (χ1v) is 5.48. The van der Waals surface area contributed by atoms with E-state index in [0.29, 0.717) is 0 Å². The topological polar surface area (TPSA) is 25.8 Å². The second-order valence-corrected chi connectivity index (χ2v) is 3.66. The minimum absolute atomic E-state index is 0.953. The van der Waals surface area contributed by atoms with Gasteiger partial charge in [0.15, 0.2) is 0 Å². The Morgan fingerprint density at radius 2 is 2.19 bits per heavy atom. The maximum atomic E-state index is 4.29. The summed E-state index contributed by atoms with van der Waals surface area (Å²) in [5, 5.41) is 0. The summed E-state index contributed by atoms with van der Waals surface area (Å²) in [4.78, 5) is 8.40. The lowest BCUT2D eigenvalue weighted by Gasteiger charge is -2.07. The smallest absolute Gasteiger partial charge is 0.116 e. The molecule has 0 saturated carbocycles. The van der Waals surface area contributed by atoms with E-state index in [1.807, 2.05) is 19.1 Å². The summed E-state index contributed by atoms with van der Waals surface area (Å²) in [6, 6.07) is 1.99. The molecule has 0 N–H and O–H groups in total. The van der Waals surface area contributed by atoms with Crippen LogP contribution in [0.4, 0.5) is 0 Å². The third kappa shape index (κ3) is 3.16. The van der Waals surface area contributed by atoms with Crippen LogP contribution < -0.4 is 0 Å². The zero-order chi connectivity index (χ0) is 12.0. The van der Waals surface area contributed by atoms with Crippen molar-refractivity contribution in [1.82, 2.24) is 9.97 Å². The molecule has 0 saturated heterocycles. The fourth-order valence-corrected chi connectivity index (χ4v) is 1.55. The molecule has 0 radical (unpaired) electrons. The van der Waals surface area contributed by atoms with E-state index in [1.165, 1.54) is 5.57 Å². The van der Waals surface area contributed by atoms with Gasteiger partial charge in [-0.1, -0.05) is 31.7 Å². The summed E-state index contributed by atoms with van der Waals surface area (Å²) >= 11 is 0. The summed E-state index contributed by atoms with van der Waals surface area (Å²) in [7, 11) is 0. The lowest BCUT2D eigenvalue weighted by molar-refractivity contribution is 1.08. The second-order valence-electron chi connectivity index (χ2n) is 3.66. The van der Waals surface area contributed by atoms with Crippen LogP contribution in [-0.4, -0.2) is 9.97 Å². The highest BCUT2D eigenvalue weighted by Crippen LogP contribution is 2.21. The molecule has 2 nitrogen and oxygen atoms in total. The van der Waals surface area contributed by atoms with Crippen LogP contribution in [0.3, 0.4) is 0 Å². The van der Waals surface area contributed by atoms with Crippen LogP contribution in [0, 0.1) is 6.92 Å². The van der Waals surface area contributed by atoms with Gasteiger partial charge in [0.25, 0.3) is 0 Å². The molecule has 1 aromatic heterocycles. The highest BCUT2D eigenvalue weighted by Gasteiger charge is 2.04. The van der Waals surface area contributed by atoms with Gasteiger partial charge in [-0.05, 0) is 31.9 Å². The van der Waals surface area contributed by atoms with Gasteiger partial charge < -0.3 is 0 Å². The maximum Gasteiger partial charge on any atom is 0.116 e. The van der Waals surface area contributed by atoms with E-state index in [4.69, 9.17) is 0 Å². The van der Waals surface area contributed by atoms with Crippen LogP contribution >= 0.6 is 0 Å². The predicted molar refractivity (Wildman–Crippen MR) is 69.0 cm³/mol. The Hall–Kier alpha value is -1.70. The molecule has 0 amide bonds. The highest BCUT2D eigenvalue weighted by atomic mass is 14.8. The van der Waals surface area contributed by atoms with Crippen LogP contribution in [0.1, 0.15) is 31.7 Å². The minimum atomic E-state index is 0.953. The van der Waals surface area contributed by atoms with Crippen LogP contribution in [0.25, 0.3) is 5.57 Å². The molecule has 84 valence electrons. The zero-order valence-electron chi connectivity index (χ0n) is 10.2. The quantitative estimate of drug-likeness (QED) is 0.714. The van der Waals surface area contributed by atoms with Crippen molar-refractivity contribution in [3.8, 4) is 0 Å². The molecular formula is C14H18N2. The van der Waals surface area contributed by atoms with E-state index >= 15 is 0 Å². The first-order valence-electron chi connectivity index (χ1n) is 5.48. The fraction of sp³-hybridized carbons (Fsp3) is 0.286. The Morgan fingerprint density at radius 1 is 1.44 bits per heavy atom. The molecule has 0 bridgehead atoms. The van der Waals surface area contributed by atoms with E-state index in [9.17, 15) is 0 Å². The van der Waals surface area contributed by atoms with Gasteiger partial charge >= 0.3 is 0 Å². The highest BCUT2D eigenvalue weighted by molar-refractivity contribution is 5.77. The number of allylic oxidation sites excluding steroid dienone is 5. The zero-order valence-corrected chi connectivity index (χ0v) is 10.2. The van der Waals surface area contributed by atoms with Crippen molar-refractivity contribution < 1.29 is 0 Å². The molecule has 2 heteroatoms. The SMILES string of the molecule is C=CC=C(C(C)=CCC)c1cc(C)ncn1. The Labute approximate surface area is 97.5 Å². The molecule has 0 atom stereocenters. The first kappa shape index (κ1) is 12.4. The summed E-state index contributed by atoms with van der Waals surface area (Å²) in [6.45, 7) is 9.93. The molecule has 1 aromatic rings. The van der Waals surface area contributed by atoms with Gasteiger partial charge in [-0.3, -0.25) is 0 Å². The minimum Gasteiger partial charge on any atom is -0.242 e. The number of nitrogens with zero attached hydrogens (tertiary/aromatic N) is 2. The average Bonchev–Trinajstić information content (AvgIpc) is 2.26. The summed E-state index contributed by atoms with van der Waals surface area (Å²) in [6.07, 6.45) is 8.58. The molecule has 0 aliphatic heterocycles. The van der Waals surface area contributed by atoms with Gasteiger partial charge in [0.05, 0.1) is 5.69 Å². The van der Waals surface area contributed by atoms with Gasteiger partial charge in [0.1, 0.15) is 6.33 Å². The number of aryl methyl sites for hydroxylation is 1. The molecule has 1 rings (SSSR count). The molecule has 0 aromatic carbocycles. The Kier molecular flexibility index (Phi) is 4.65. The number of aromatic nitrogens is 2. The molecule has 1 heterocycles. The van der Waals surface area contributed by atoms with E-state index < -0.39 is 0 Å². The lowest BCUT2D eigenvalue weighted by atomic mass is 10.0. The second kappa shape index (κ2) is 6.01.